The van der Waals surface area contributed by atoms with Gasteiger partial charge in [-0.3, -0.25) is 0 Å². The van der Waals surface area contributed by atoms with Gasteiger partial charge in [0.2, 0.25) is 0 Å². The van der Waals surface area contributed by atoms with Crippen LogP contribution in [0.3, 0.4) is 0 Å². The second-order valence-corrected chi connectivity index (χ2v) is 4.80. The van der Waals surface area contributed by atoms with Gasteiger partial charge in [0.25, 0.3) is 0 Å². The highest BCUT2D eigenvalue weighted by Gasteiger charge is 2.23. The topological polar surface area (TPSA) is 38.0 Å². The highest BCUT2D eigenvalue weighted by Crippen LogP contribution is 2.30. The molecule has 0 aromatic heterocycles. The molecule has 2 rings (SSSR count). The van der Waals surface area contributed by atoms with E-state index in [2.05, 4.69) is 31.3 Å². The summed E-state index contributed by atoms with van der Waals surface area (Å²) in [6.45, 7) is 8.53. The van der Waals surface area contributed by atoms with Crippen molar-refractivity contribution in [1.29, 1.82) is 0 Å². The number of nitrogen functional groups attached to an aromatic ring is 1. The van der Waals surface area contributed by atoms with Gasteiger partial charge in [-0.25, -0.2) is 0 Å². The van der Waals surface area contributed by atoms with Crippen molar-refractivity contribution in [2.24, 2.45) is 0 Å². The van der Waals surface area contributed by atoms with E-state index in [9.17, 15) is 0 Å². The largest absolute Gasteiger partial charge is 0.399 e. The highest BCUT2D eigenvalue weighted by molar-refractivity contribution is 5.40. The van der Waals surface area contributed by atoms with Gasteiger partial charge in [0, 0.05) is 17.8 Å². The Morgan fingerprint density at radius 1 is 1.00 bits per heavy atom. The van der Waals surface area contributed by atoms with Crippen molar-refractivity contribution in [3.05, 3.63) is 29.8 Å². The molecule has 0 spiro atoms. The summed E-state index contributed by atoms with van der Waals surface area (Å²) >= 11 is 0. The second kappa shape index (κ2) is 6.65. The highest BCUT2D eigenvalue weighted by atomic mass is 14.9. The average molecular weight is 234 g/mol. The molecule has 96 valence electrons. The van der Waals surface area contributed by atoms with Crippen molar-refractivity contribution in [2.45, 2.75) is 58.5 Å². The van der Waals surface area contributed by atoms with Gasteiger partial charge >= 0.3 is 0 Å². The summed E-state index contributed by atoms with van der Waals surface area (Å²) in [6, 6.07) is 9.60. The number of rotatable bonds is 1. The molecule has 1 aliphatic rings. The molecule has 1 aromatic rings. The van der Waals surface area contributed by atoms with Gasteiger partial charge in [-0.15, -0.1) is 0 Å². The third-order valence-corrected chi connectivity index (χ3v) is 3.25. The minimum absolute atomic E-state index is 0.622. The molecule has 0 radical (unpaired) electrons. The van der Waals surface area contributed by atoms with Crippen molar-refractivity contribution in [2.75, 3.05) is 5.73 Å². The minimum Gasteiger partial charge on any atom is -0.399 e. The van der Waals surface area contributed by atoms with E-state index >= 15 is 0 Å². The predicted octanol–water partition coefficient (Wildman–Crippen LogP) is 3.54. The zero-order chi connectivity index (χ0) is 12.8. The average Bonchev–Trinajstić information content (AvgIpc) is 2.31. The van der Waals surface area contributed by atoms with Crippen LogP contribution in [0, 0.1) is 0 Å². The lowest BCUT2D eigenvalue weighted by Gasteiger charge is -2.33. The Kier molecular flexibility index (Phi) is 5.49. The fraction of sp³-hybridized carbons (Fsp3) is 0.600. The third kappa shape index (κ3) is 4.04. The molecule has 1 aliphatic heterocycles. The van der Waals surface area contributed by atoms with Crippen molar-refractivity contribution in [3.63, 3.8) is 0 Å². The molecular weight excluding hydrogens is 208 g/mol. The van der Waals surface area contributed by atoms with Gasteiger partial charge in [-0.05, 0) is 50.3 Å². The van der Waals surface area contributed by atoms with E-state index in [0.29, 0.717) is 18.0 Å². The van der Waals surface area contributed by atoms with Crippen LogP contribution in [0.1, 0.15) is 52.0 Å². The van der Waals surface area contributed by atoms with Crippen LogP contribution in [0.25, 0.3) is 0 Å². The Labute approximate surface area is 106 Å². The van der Waals surface area contributed by atoms with Gasteiger partial charge < -0.3 is 11.1 Å². The van der Waals surface area contributed by atoms with Gasteiger partial charge in [-0.1, -0.05) is 26.0 Å². The molecule has 1 fully saturated rings. The Bertz CT molecular complexity index is 308. The molecule has 0 bridgehead atoms. The maximum Gasteiger partial charge on any atom is 0.0314 e. The Balaban J connectivity index is 0.000000686. The third-order valence-electron chi connectivity index (χ3n) is 3.25. The van der Waals surface area contributed by atoms with Crippen LogP contribution in [-0.2, 0) is 0 Å². The quantitative estimate of drug-likeness (QED) is 0.729. The van der Waals surface area contributed by atoms with Crippen LogP contribution < -0.4 is 11.1 Å². The van der Waals surface area contributed by atoms with E-state index in [0.717, 1.165) is 5.69 Å². The zero-order valence-electron chi connectivity index (χ0n) is 11.5. The Morgan fingerprint density at radius 2 is 1.47 bits per heavy atom. The first-order valence-corrected chi connectivity index (χ1v) is 6.76. The van der Waals surface area contributed by atoms with Crippen LogP contribution in [-0.4, -0.2) is 12.1 Å². The maximum absolute atomic E-state index is 5.70. The number of nitrogens with two attached hydrogens (primary N) is 1. The first-order chi connectivity index (χ1) is 8.15. The fourth-order valence-electron chi connectivity index (χ4n) is 2.61. The van der Waals surface area contributed by atoms with Crippen molar-refractivity contribution in [3.8, 4) is 0 Å². The van der Waals surface area contributed by atoms with Gasteiger partial charge in [0.05, 0.1) is 0 Å². The molecule has 1 aromatic carbocycles. The van der Waals surface area contributed by atoms with Crippen LogP contribution in [0.5, 0.6) is 0 Å². The normalized spacial score (nSPS) is 28.1. The summed E-state index contributed by atoms with van der Waals surface area (Å²) in [5, 5.41) is 3.57. The zero-order valence-corrected chi connectivity index (χ0v) is 11.5. The van der Waals surface area contributed by atoms with Crippen molar-refractivity contribution >= 4 is 5.69 Å². The molecule has 0 aliphatic carbocycles. The monoisotopic (exact) mass is 234 g/mol. The summed E-state index contributed by atoms with van der Waals surface area (Å²) in [5.74, 6) is 0.692. The molecule has 2 unspecified atom stereocenters. The van der Waals surface area contributed by atoms with E-state index in [1.54, 1.807) is 0 Å². The van der Waals surface area contributed by atoms with Crippen molar-refractivity contribution < 1.29 is 0 Å². The molecule has 3 N–H and O–H groups in total. The predicted molar refractivity (Wildman–Crippen MR) is 76.2 cm³/mol. The van der Waals surface area contributed by atoms with E-state index in [-0.39, 0.29) is 0 Å². The number of hydrogen-bond acceptors (Lipinski definition) is 2. The summed E-state index contributed by atoms with van der Waals surface area (Å²) in [4.78, 5) is 0. The number of hydrogen-bond donors (Lipinski definition) is 2. The van der Waals surface area contributed by atoms with Gasteiger partial charge in [-0.2, -0.15) is 0 Å². The second-order valence-electron chi connectivity index (χ2n) is 4.80. The van der Waals surface area contributed by atoms with E-state index in [1.807, 2.05) is 26.0 Å². The van der Waals surface area contributed by atoms with Gasteiger partial charge in [0.1, 0.15) is 0 Å². The molecule has 0 saturated carbocycles. The lowest BCUT2D eigenvalue weighted by atomic mass is 9.84. The summed E-state index contributed by atoms with van der Waals surface area (Å²) in [5.41, 5.74) is 7.99. The number of nitrogens with one attached hydrogen (secondary N) is 1. The molecule has 0 amide bonds. The number of piperidine rings is 1. The van der Waals surface area contributed by atoms with Crippen molar-refractivity contribution in [1.82, 2.24) is 5.32 Å². The molecule has 3 atom stereocenters. The van der Waals surface area contributed by atoms with Crippen LogP contribution in [0.4, 0.5) is 5.69 Å². The number of benzene rings is 1. The lowest BCUT2D eigenvalue weighted by molar-refractivity contribution is 0.317. The fourth-order valence-corrected chi connectivity index (χ4v) is 2.61. The molecule has 2 heteroatoms. The standard InChI is InChI=1S/C13H20N2.C2H6/c1-9-7-12(8-10(2)15-9)11-3-5-13(14)6-4-11;1-2/h3-6,9-10,12,15H,7-8,14H2,1-2H3;1-2H3/t9-,10?,12?;/m1./s1. The summed E-state index contributed by atoms with van der Waals surface area (Å²) in [6.07, 6.45) is 2.46. The van der Waals surface area contributed by atoms with Gasteiger partial charge in [0.15, 0.2) is 0 Å². The summed E-state index contributed by atoms with van der Waals surface area (Å²) < 4.78 is 0. The van der Waals surface area contributed by atoms with E-state index in [4.69, 9.17) is 5.73 Å². The molecule has 17 heavy (non-hydrogen) atoms. The SMILES string of the molecule is CC.CC1CC(c2ccc(N)cc2)C[C@@H](C)N1. The number of anilines is 1. The Hall–Kier alpha value is -1.02. The molecule has 1 saturated heterocycles. The van der Waals surface area contributed by atoms with Crippen LogP contribution >= 0.6 is 0 Å². The lowest BCUT2D eigenvalue weighted by Crippen LogP contribution is -2.41. The Morgan fingerprint density at radius 3 is 1.94 bits per heavy atom. The smallest absolute Gasteiger partial charge is 0.0314 e. The molecule has 1 heterocycles. The minimum atomic E-state index is 0.622. The summed E-state index contributed by atoms with van der Waals surface area (Å²) in [7, 11) is 0. The van der Waals surface area contributed by atoms with Crippen LogP contribution in [0.2, 0.25) is 0 Å². The van der Waals surface area contributed by atoms with Crippen LogP contribution in [0.15, 0.2) is 24.3 Å². The van der Waals surface area contributed by atoms with E-state index < -0.39 is 0 Å². The van der Waals surface area contributed by atoms with E-state index in [1.165, 1.54) is 18.4 Å². The molecular formula is C15H26N2. The first-order valence-electron chi connectivity index (χ1n) is 6.76. The molecule has 2 nitrogen and oxygen atoms in total. The first kappa shape index (κ1) is 14.0. The maximum atomic E-state index is 5.70.